The largest absolute Gasteiger partial charge is 0.497 e. The van der Waals surface area contributed by atoms with Crippen LogP contribution >= 0.6 is 0 Å². The highest BCUT2D eigenvalue weighted by atomic mass is 16.5. The van der Waals surface area contributed by atoms with Crippen molar-refractivity contribution in [1.82, 2.24) is 14.9 Å². The molecule has 2 aromatic carbocycles. The molecule has 0 unspecified atom stereocenters. The number of nitrogen functional groups attached to an aromatic ring is 1. The second-order valence-electron chi connectivity index (χ2n) is 6.12. The summed E-state index contributed by atoms with van der Waals surface area (Å²) in [7, 11) is 3.69. The van der Waals surface area contributed by atoms with Gasteiger partial charge in [-0.1, -0.05) is 36.4 Å². The van der Waals surface area contributed by atoms with Gasteiger partial charge < -0.3 is 15.8 Å². The van der Waals surface area contributed by atoms with Gasteiger partial charge in [0, 0.05) is 30.9 Å². The summed E-state index contributed by atoms with van der Waals surface area (Å²) in [5.74, 6) is 1.68. The molecule has 3 N–H and O–H groups in total. The van der Waals surface area contributed by atoms with E-state index in [9.17, 15) is 0 Å². The third kappa shape index (κ3) is 4.94. The quantitative estimate of drug-likeness (QED) is 0.680. The van der Waals surface area contributed by atoms with Crippen LogP contribution in [0, 0.1) is 0 Å². The topological polar surface area (TPSA) is 76.3 Å². The Morgan fingerprint density at radius 1 is 1.00 bits per heavy atom. The lowest BCUT2D eigenvalue weighted by atomic mass is 10.2. The normalized spacial score (nSPS) is 10.7. The van der Waals surface area contributed by atoms with E-state index in [0.717, 1.165) is 23.7 Å². The number of aromatic nitrogens is 2. The highest BCUT2D eigenvalue weighted by Gasteiger charge is 2.07. The Morgan fingerprint density at radius 2 is 1.81 bits per heavy atom. The van der Waals surface area contributed by atoms with Crippen molar-refractivity contribution in [3.8, 4) is 5.75 Å². The molecule has 0 aliphatic carbocycles. The molecule has 0 aliphatic heterocycles. The van der Waals surface area contributed by atoms with Gasteiger partial charge in [-0.25, -0.2) is 4.98 Å². The minimum absolute atomic E-state index is 0.438. The monoisotopic (exact) mass is 349 g/mol. The minimum atomic E-state index is 0.438. The molecule has 6 heteroatoms. The Balaban J connectivity index is 1.70. The molecule has 0 spiro atoms. The van der Waals surface area contributed by atoms with E-state index in [1.165, 1.54) is 5.56 Å². The van der Waals surface area contributed by atoms with E-state index < -0.39 is 0 Å². The van der Waals surface area contributed by atoms with Crippen LogP contribution in [0.4, 0.5) is 17.5 Å². The molecular weight excluding hydrogens is 326 g/mol. The van der Waals surface area contributed by atoms with Crippen LogP contribution in [0.3, 0.4) is 0 Å². The van der Waals surface area contributed by atoms with Crippen molar-refractivity contribution in [2.24, 2.45) is 0 Å². The standard InChI is InChI=1S/C20H23N5O/c1-25(13-15-7-4-3-5-8-15)14-17-12-19(21)24-20(23-17)22-16-9-6-10-18(11-16)26-2/h3-12H,13-14H2,1-2H3,(H3,21,22,23,24). The smallest absolute Gasteiger partial charge is 0.229 e. The van der Waals surface area contributed by atoms with E-state index >= 15 is 0 Å². The number of rotatable bonds is 7. The Kier molecular flexibility index (Phi) is 5.66. The molecule has 0 radical (unpaired) electrons. The summed E-state index contributed by atoms with van der Waals surface area (Å²) < 4.78 is 5.24. The molecule has 0 saturated carbocycles. The van der Waals surface area contributed by atoms with E-state index in [4.69, 9.17) is 10.5 Å². The van der Waals surface area contributed by atoms with Crippen LogP contribution < -0.4 is 15.8 Å². The molecule has 1 aromatic heterocycles. The SMILES string of the molecule is COc1cccc(Nc2nc(N)cc(CN(C)Cc3ccccc3)n2)c1. The Morgan fingerprint density at radius 3 is 2.58 bits per heavy atom. The second-order valence-corrected chi connectivity index (χ2v) is 6.12. The number of hydrogen-bond donors (Lipinski definition) is 2. The van der Waals surface area contributed by atoms with Crippen molar-refractivity contribution in [3.63, 3.8) is 0 Å². The van der Waals surface area contributed by atoms with Crippen molar-refractivity contribution in [2.45, 2.75) is 13.1 Å². The first kappa shape index (κ1) is 17.7. The molecule has 0 amide bonds. The van der Waals surface area contributed by atoms with Crippen LogP contribution in [0.25, 0.3) is 0 Å². The lowest BCUT2D eigenvalue weighted by molar-refractivity contribution is 0.315. The van der Waals surface area contributed by atoms with Gasteiger partial charge in [-0.3, -0.25) is 4.90 Å². The van der Waals surface area contributed by atoms with Gasteiger partial charge in [-0.05, 0) is 24.7 Å². The Labute approximate surface area is 153 Å². The summed E-state index contributed by atoms with van der Waals surface area (Å²) in [5, 5.41) is 3.18. The first-order valence-corrected chi connectivity index (χ1v) is 8.39. The van der Waals surface area contributed by atoms with Gasteiger partial charge in [0.15, 0.2) is 0 Å². The van der Waals surface area contributed by atoms with Gasteiger partial charge in [0.2, 0.25) is 5.95 Å². The van der Waals surface area contributed by atoms with Crippen LogP contribution in [0.2, 0.25) is 0 Å². The average molecular weight is 349 g/mol. The zero-order valence-electron chi connectivity index (χ0n) is 15.0. The van der Waals surface area contributed by atoms with Crippen molar-refractivity contribution in [1.29, 1.82) is 0 Å². The predicted octanol–water partition coefficient (Wildman–Crippen LogP) is 3.44. The van der Waals surface area contributed by atoms with Crippen LogP contribution in [0.5, 0.6) is 5.75 Å². The summed E-state index contributed by atoms with van der Waals surface area (Å²) in [5.41, 5.74) is 8.93. The molecule has 0 bridgehead atoms. The molecule has 3 aromatic rings. The van der Waals surface area contributed by atoms with E-state index in [-0.39, 0.29) is 0 Å². The van der Waals surface area contributed by atoms with Gasteiger partial charge >= 0.3 is 0 Å². The maximum absolute atomic E-state index is 5.96. The zero-order chi connectivity index (χ0) is 18.4. The van der Waals surface area contributed by atoms with Gasteiger partial charge in [0.05, 0.1) is 12.8 Å². The van der Waals surface area contributed by atoms with Crippen molar-refractivity contribution >= 4 is 17.5 Å². The Bertz CT molecular complexity index is 854. The molecule has 0 saturated heterocycles. The number of nitrogens with zero attached hydrogens (tertiary/aromatic N) is 3. The van der Waals surface area contributed by atoms with Gasteiger partial charge in [-0.2, -0.15) is 4.98 Å². The summed E-state index contributed by atoms with van der Waals surface area (Å²) in [4.78, 5) is 11.0. The maximum atomic E-state index is 5.96. The number of nitrogens with two attached hydrogens (primary N) is 1. The number of anilines is 3. The first-order chi connectivity index (χ1) is 12.6. The highest BCUT2D eigenvalue weighted by molar-refractivity contribution is 5.57. The van der Waals surface area contributed by atoms with Crippen molar-refractivity contribution < 1.29 is 4.74 Å². The van der Waals surface area contributed by atoms with E-state index in [1.54, 1.807) is 13.2 Å². The number of methoxy groups -OCH3 is 1. The fraction of sp³-hybridized carbons (Fsp3) is 0.200. The maximum Gasteiger partial charge on any atom is 0.229 e. The molecule has 0 atom stereocenters. The van der Waals surface area contributed by atoms with E-state index in [2.05, 4.69) is 39.4 Å². The molecule has 0 fully saturated rings. The lowest BCUT2D eigenvalue weighted by Gasteiger charge is -2.17. The molecule has 3 rings (SSSR count). The van der Waals surface area contributed by atoms with Crippen molar-refractivity contribution in [2.75, 3.05) is 25.2 Å². The molecule has 134 valence electrons. The van der Waals surface area contributed by atoms with E-state index in [1.807, 2.05) is 42.5 Å². The van der Waals surface area contributed by atoms with Gasteiger partial charge in [0.25, 0.3) is 0 Å². The molecule has 1 heterocycles. The third-order valence-electron chi connectivity index (χ3n) is 3.85. The average Bonchev–Trinajstić information content (AvgIpc) is 2.62. The number of hydrogen-bond acceptors (Lipinski definition) is 6. The summed E-state index contributed by atoms with van der Waals surface area (Å²) in [6.07, 6.45) is 0. The number of ether oxygens (including phenoxy) is 1. The van der Waals surface area contributed by atoms with Crippen LogP contribution in [0.15, 0.2) is 60.7 Å². The van der Waals surface area contributed by atoms with Crippen LogP contribution in [-0.2, 0) is 13.1 Å². The molecule has 26 heavy (non-hydrogen) atoms. The van der Waals surface area contributed by atoms with Crippen LogP contribution in [-0.4, -0.2) is 29.0 Å². The zero-order valence-corrected chi connectivity index (χ0v) is 15.0. The number of benzene rings is 2. The second kappa shape index (κ2) is 8.31. The third-order valence-corrected chi connectivity index (χ3v) is 3.85. The summed E-state index contributed by atoms with van der Waals surface area (Å²) in [6, 6.07) is 19.7. The Hall–Kier alpha value is -3.12. The van der Waals surface area contributed by atoms with E-state index in [0.29, 0.717) is 18.3 Å². The lowest BCUT2D eigenvalue weighted by Crippen LogP contribution is -2.18. The highest BCUT2D eigenvalue weighted by Crippen LogP contribution is 2.20. The molecule has 0 aliphatic rings. The van der Waals surface area contributed by atoms with Crippen LogP contribution in [0.1, 0.15) is 11.3 Å². The first-order valence-electron chi connectivity index (χ1n) is 8.39. The minimum Gasteiger partial charge on any atom is -0.497 e. The molecule has 6 nitrogen and oxygen atoms in total. The fourth-order valence-corrected chi connectivity index (χ4v) is 2.71. The van der Waals surface area contributed by atoms with Gasteiger partial charge in [-0.15, -0.1) is 0 Å². The van der Waals surface area contributed by atoms with Gasteiger partial charge in [0.1, 0.15) is 11.6 Å². The fourth-order valence-electron chi connectivity index (χ4n) is 2.71. The summed E-state index contributed by atoms with van der Waals surface area (Å²) in [6.45, 7) is 1.51. The molecular formula is C20H23N5O. The predicted molar refractivity (Wildman–Crippen MR) is 104 cm³/mol. The number of nitrogens with one attached hydrogen (secondary N) is 1. The van der Waals surface area contributed by atoms with Crippen molar-refractivity contribution in [3.05, 3.63) is 71.9 Å². The summed E-state index contributed by atoms with van der Waals surface area (Å²) >= 11 is 0.